The van der Waals surface area contributed by atoms with E-state index in [2.05, 4.69) is 44.3 Å². The molecular weight excluding hydrogens is 1340 g/mol. The summed E-state index contributed by atoms with van der Waals surface area (Å²) in [6.45, 7) is 19.6. The second-order valence-electron chi connectivity index (χ2n) is 23.4. The molecule has 6 aromatic carbocycles. The standard InChI is InChI=1S/C23H28ClNO5SSi.C18H16ClNO5S.C17H25NO3Si.C6H4Cl2O2S/c1-16-20(15-23(26)30-12-13-32(3,4)5)21-14-18(29-2)8-11-22(21)25(16)31(27,28)19-9-6-17(24)7-10-19;1-11-15(10-18(21)22)16-9-13(25-2)5-8-17(16)20(11)26(23,24)14-6-3-12(19)4-7-14;1-12-14(11-17(19)21-8-9-22(3,4)5)15-10-13(20-2)6-7-16(15)18-12;7-5-1-3-6(4-2-5)11(8,9)10/h6-11,14H,12-13,15H2,1-5H3;3-9H,10H2,1-2H3,(H,21,22);6-7,10,18H,8-9,11H2,1-5H3;1-4H. The van der Waals surface area contributed by atoms with Gasteiger partial charge in [0.15, 0.2) is 0 Å². The number of nitrogens with zero attached hydrogens (tertiary/aromatic N) is 2. The Morgan fingerprint density at radius 2 is 0.824 bits per heavy atom. The van der Waals surface area contributed by atoms with Gasteiger partial charge in [0.25, 0.3) is 29.1 Å². The Kier molecular flexibility index (Phi) is 24.8. The fourth-order valence-corrected chi connectivity index (χ4v) is 15.1. The second-order valence-corrected chi connectivity index (χ2v) is 42.1. The van der Waals surface area contributed by atoms with Crippen LogP contribution in [0.3, 0.4) is 0 Å². The molecule has 0 radical (unpaired) electrons. The molecule has 0 aliphatic rings. The lowest BCUT2D eigenvalue weighted by Gasteiger charge is -2.15. The first-order chi connectivity index (χ1) is 42.5. The molecule has 3 heterocycles. The van der Waals surface area contributed by atoms with E-state index in [4.69, 9.17) is 69.2 Å². The van der Waals surface area contributed by atoms with E-state index in [1.807, 2.05) is 25.1 Å². The number of benzene rings is 6. The highest BCUT2D eigenvalue weighted by Crippen LogP contribution is 2.36. The fraction of sp³-hybridized carbons (Fsp3) is 0.297. The molecule has 9 aromatic rings. The van der Waals surface area contributed by atoms with Gasteiger partial charge in [0.1, 0.15) is 17.2 Å². The van der Waals surface area contributed by atoms with Gasteiger partial charge < -0.3 is 33.8 Å². The minimum absolute atomic E-state index is 0.0235. The predicted octanol–water partition coefficient (Wildman–Crippen LogP) is 14.9. The van der Waals surface area contributed by atoms with Gasteiger partial charge in [-0.25, -0.2) is 33.2 Å². The number of carboxylic acids is 1. The number of H-pyrrole nitrogens is 1. The monoisotopic (exact) mass is 1420 g/mol. The minimum Gasteiger partial charge on any atom is -0.497 e. The average molecular weight is 1420 g/mol. The first-order valence-electron chi connectivity index (χ1n) is 28.3. The highest BCUT2D eigenvalue weighted by molar-refractivity contribution is 8.13. The quantitative estimate of drug-likeness (QED) is 0.0409. The number of halogens is 4. The lowest BCUT2D eigenvalue weighted by molar-refractivity contribution is -0.143. The van der Waals surface area contributed by atoms with E-state index in [-0.39, 0.29) is 39.5 Å². The van der Waals surface area contributed by atoms with Gasteiger partial charge in [0, 0.05) is 80.7 Å². The molecule has 0 spiro atoms. The van der Waals surface area contributed by atoms with Crippen molar-refractivity contribution in [2.75, 3.05) is 34.5 Å². The van der Waals surface area contributed by atoms with Crippen LogP contribution < -0.4 is 14.2 Å². The van der Waals surface area contributed by atoms with Gasteiger partial charge in [-0.05, 0) is 177 Å². The summed E-state index contributed by atoms with van der Waals surface area (Å²) in [5.41, 5.74) is 5.74. The SMILES string of the molecule is COc1ccc2[nH]c(C)c(CC(=O)OCC[Si](C)(C)C)c2c1.COc1ccc2c(c1)c(CC(=O)O)c(C)n2S(=O)(=O)c1ccc(Cl)cc1.COc1ccc2c(c1)c(CC(=O)OCC[Si](C)(C)C)c(C)n2S(=O)(=O)c1ccc(Cl)cc1.O=S(=O)(Cl)c1ccc(Cl)cc1. The predicted molar refractivity (Wildman–Crippen MR) is 366 cm³/mol. The number of aliphatic carboxylic acids is 1. The molecule has 0 aliphatic heterocycles. The number of hydrogen-bond acceptors (Lipinski definition) is 14. The largest absolute Gasteiger partial charge is 0.497 e. The number of carbonyl (C=O) groups excluding carboxylic acids is 2. The van der Waals surface area contributed by atoms with Gasteiger partial charge >= 0.3 is 17.9 Å². The third-order valence-electron chi connectivity index (χ3n) is 14.3. The first-order valence-corrected chi connectivity index (χ1v) is 42.0. The third kappa shape index (κ3) is 19.4. The zero-order valence-corrected chi connectivity index (χ0v) is 59.8. The molecule has 0 aliphatic carbocycles. The number of aromatic amines is 1. The van der Waals surface area contributed by atoms with Crippen molar-refractivity contribution in [2.24, 2.45) is 0 Å². The maximum Gasteiger partial charge on any atom is 0.310 e. The number of rotatable bonds is 20. The first kappa shape index (κ1) is 73.2. The van der Waals surface area contributed by atoms with Crippen LogP contribution in [0.5, 0.6) is 17.2 Å². The van der Waals surface area contributed by atoms with E-state index in [0.717, 1.165) is 40.0 Å². The van der Waals surface area contributed by atoms with Crippen molar-refractivity contribution >= 4 is 141 Å². The molecule has 0 amide bonds. The summed E-state index contributed by atoms with van der Waals surface area (Å²) in [6, 6.07) is 35.2. The smallest absolute Gasteiger partial charge is 0.310 e. The number of ether oxygens (including phenoxy) is 5. The van der Waals surface area contributed by atoms with Crippen molar-refractivity contribution in [1.82, 2.24) is 12.9 Å². The van der Waals surface area contributed by atoms with Crippen LogP contribution in [0.4, 0.5) is 0 Å². The van der Waals surface area contributed by atoms with Crippen LogP contribution in [0, 0.1) is 20.8 Å². The Labute approximate surface area is 552 Å². The zero-order chi connectivity index (χ0) is 67.6. The van der Waals surface area contributed by atoms with Gasteiger partial charge in [-0.3, -0.25) is 14.4 Å². The van der Waals surface area contributed by atoms with Crippen molar-refractivity contribution < 1.29 is 68.4 Å². The molecule has 0 saturated heterocycles. The molecule has 3 aromatic heterocycles. The van der Waals surface area contributed by atoms with Crippen LogP contribution in [0.2, 0.25) is 66.4 Å². The van der Waals surface area contributed by atoms with Crippen molar-refractivity contribution in [2.45, 2.75) is 106 Å². The maximum atomic E-state index is 13.5. The van der Waals surface area contributed by atoms with Gasteiger partial charge in [0.2, 0.25) is 0 Å². The number of aromatic nitrogens is 3. The summed E-state index contributed by atoms with van der Waals surface area (Å²) in [5.74, 6) is 0.304. The number of methoxy groups -OCH3 is 3. The van der Waals surface area contributed by atoms with Crippen LogP contribution in [-0.4, -0.2) is 112 Å². The van der Waals surface area contributed by atoms with Crippen LogP contribution in [-0.2, 0) is 72.2 Å². The molecule has 0 saturated carbocycles. The molecule has 91 heavy (non-hydrogen) atoms. The Hall–Kier alpha value is -6.81. The van der Waals surface area contributed by atoms with Gasteiger partial charge in [0.05, 0.1) is 79.5 Å². The lowest BCUT2D eigenvalue weighted by atomic mass is 10.1. The summed E-state index contributed by atoms with van der Waals surface area (Å²) in [6.07, 6.45) is -0.0202. The Bertz CT molecular complexity index is 4450. The van der Waals surface area contributed by atoms with E-state index in [1.165, 1.54) is 87.9 Å². The van der Waals surface area contributed by atoms with E-state index in [9.17, 15) is 44.7 Å². The van der Waals surface area contributed by atoms with Gasteiger partial charge in [-0.15, -0.1) is 0 Å². The number of fused-ring (bicyclic) bond motifs is 3. The van der Waals surface area contributed by atoms with E-state index in [1.54, 1.807) is 64.5 Å². The van der Waals surface area contributed by atoms with Crippen LogP contribution in [0.15, 0.2) is 142 Å². The summed E-state index contributed by atoms with van der Waals surface area (Å²) in [7, 11) is -4.23. The molecule has 0 atom stereocenters. The molecule has 0 bridgehead atoms. The number of carboxylic acid groups (broad SMARTS) is 1. The molecule has 18 nitrogen and oxygen atoms in total. The number of carbonyl (C=O) groups is 3. The van der Waals surface area contributed by atoms with Crippen molar-refractivity contribution in [1.29, 1.82) is 0 Å². The Balaban J connectivity index is 0.000000203. The number of aryl methyl sites for hydroxylation is 1. The van der Waals surface area contributed by atoms with E-state index >= 15 is 0 Å². The minimum atomic E-state index is -3.92. The van der Waals surface area contributed by atoms with Crippen molar-refractivity contribution in [3.63, 3.8) is 0 Å². The highest BCUT2D eigenvalue weighted by Gasteiger charge is 2.29. The molecule has 0 unspecified atom stereocenters. The second kappa shape index (κ2) is 30.8. The average Bonchev–Trinajstić information content (AvgIpc) is 1.62. The van der Waals surface area contributed by atoms with Crippen LogP contribution >= 0.6 is 45.5 Å². The summed E-state index contributed by atoms with van der Waals surface area (Å²) in [5, 5.41) is 12.8. The van der Waals surface area contributed by atoms with Crippen molar-refractivity contribution in [3.05, 3.63) is 176 Å². The van der Waals surface area contributed by atoms with E-state index in [0.29, 0.717) is 90.5 Å². The lowest BCUT2D eigenvalue weighted by Crippen LogP contribution is -2.23. The molecule has 27 heteroatoms. The zero-order valence-electron chi connectivity index (χ0n) is 52.4. The third-order valence-corrected chi connectivity index (χ3v) is 23.5. The van der Waals surface area contributed by atoms with E-state index < -0.39 is 51.2 Å². The Morgan fingerprint density at radius 3 is 1.18 bits per heavy atom. The highest BCUT2D eigenvalue weighted by atomic mass is 35.7. The Morgan fingerprint density at radius 1 is 0.484 bits per heavy atom. The maximum absolute atomic E-state index is 13.5. The fourth-order valence-electron chi connectivity index (χ4n) is 9.41. The van der Waals surface area contributed by atoms with Crippen LogP contribution in [0.25, 0.3) is 32.7 Å². The number of esters is 2. The molecule has 2 N–H and O–H groups in total. The van der Waals surface area contributed by atoms with Crippen molar-refractivity contribution in [3.8, 4) is 17.2 Å². The summed E-state index contributed by atoms with van der Waals surface area (Å²) in [4.78, 5) is 39.5. The number of nitrogens with one attached hydrogen (secondary N) is 1. The van der Waals surface area contributed by atoms with Crippen LogP contribution in [0.1, 0.15) is 33.8 Å². The summed E-state index contributed by atoms with van der Waals surface area (Å²) >= 11 is 17.3. The molecular formula is C64H73Cl4N3O15S3Si2. The molecule has 0 fully saturated rings. The molecule has 488 valence electrons. The molecule has 9 rings (SSSR count). The topological polar surface area (TPSA) is 246 Å². The summed E-state index contributed by atoms with van der Waals surface area (Å²) < 4.78 is 104. The normalized spacial score (nSPS) is 11.8. The number of hydrogen-bond donors (Lipinski definition) is 2. The van der Waals surface area contributed by atoms with Gasteiger partial charge in [-0.2, -0.15) is 0 Å². The van der Waals surface area contributed by atoms with Gasteiger partial charge in [-0.1, -0.05) is 74.1 Å².